The minimum atomic E-state index is -0.100. The van der Waals surface area contributed by atoms with Crippen LogP contribution in [0.25, 0.3) is 0 Å². The van der Waals surface area contributed by atoms with E-state index >= 15 is 0 Å². The first-order valence-electron chi connectivity index (χ1n) is 8.82. The predicted octanol–water partition coefficient (Wildman–Crippen LogP) is 3.02. The lowest BCUT2D eigenvalue weighted by Gasteiger charge is -2.51. The Morgan fingerprint density at radius 3 is 2.36 bits per heavy atom. The number of ketones is 1. The summed E-state index contributed by atoms with van der Waals surface area (Å²) in [5.74, 6) is 1.18. The van der Waals surface area contributed by atoms with E-state index in [1.807, 2.05) is 5.01 Å². The van der Waals surface area contributed by atoms with Crippen molar-refractivity contribution in [2.45, 2.75) is 72.3 Å². The van der Waals surface area contributed by atoms with Crippen molar-refractivity contribution < 1.29 is 9.59 Å². The van der Waals surface area contributed by atoms with Gasteiger partial charge < -0.3 is 0 Å². The van der Waals surface area contributed by atoms with Crippen LogP contribution < -0.4 is 0 Å². The third-order valence-corrected chi connectivity index (χ3v) is 5.81. The highest BCUT2D eigenvalue weighted by atomic mass is 16.2. The van der Waals surface area contributed by atoms with E-state index in [0.717, 1.165) is 32.4 Å². The average molecular weight is 306 g/mol. The maximum absolute atomic E-state index is 12.7. The number of hydrogen-bond donors (Lipinski definition) is 0. The van der Waals surface area contributed by atoms with Gasteiger partial charge in [-0.2, -0.15) is 0 Å². The van der Waals surface area contributed by atoms with Crippen LogP contribution in [0.1, 0.15) is 66.2 Å². The zero-order chi connectivity index (χ0) is 16.1. The van der Waals surface area contributed by atoms with Gasteiger partial charge in [0.05, 0.1) is 6.04 Å². The van der Waals surface area contributed by atoms with Gasteiger partial charge in [0.2, 0.25) is 5.91 Å². The van der Waals surface area contributed by atoms with Crippen molar-refractivity contribution in [2.24, 2.45) is 16.7 Å². The van der Waals surface area contributed by atoms with Crippen LogP contribution in [0, 0.1) is 16.7 Å². The monoisotopic (exact) mass is 306 g/mol. The SMILES string of the molecule is CC1CC(C)(C)CC(C)(C2C(=O)CCN2N2CCCC2=O)C1. The number of carbonyl (C=O) groups is 2. The molecule has 0 bridgehead atoms. The van der Waals surface area contributed by atoms with E-state index in [2.05, 4.69) is 32.7 Å². The Morgan fingerprint density at radius 1 is 1.05 bits per heavy atom. The number of nitrogens with zero attached hydrogens (tertiary/aromatic N) is 2. The Bertz CT molecular complexity index is 487. The molecule has 3 atom stereocenters. The molecular formula is C18H30N2O2. The Morgan fingerprint density at radius 2 is 1.77 bits per heavy atom. The summed E-state index contributed by atoms with van der Waals surface area (Å²) in [5.41, 5.74) is 0.258. The van der Waals surface area contributed by atoms with Gasteiger partial charge in [-0.3, -0.25) is 14.6 Å². The van der Waals surface area contributed by atoms with Gasteiger partial charge in [0.25, 0.3) is 0 Å². The molecule has 4 nitrogen and oxygen atoms in total. The highest BCUT2D eigenvalue weighted by Gasteiger charge is 2.53. The molecule has 0 radical (unpaired) electrons. The van der Waals surface area contributed by atoms with E-state index in [0.29, 0.717) is 24.5 Å². The van der Waals surface area contributed by atoms with E-state index in [-0.39, 0.29) is 22.8 Å². The Hall–Kier alpha value is -0.900. The van der Waals surface area contributed by atoms with Crippen LogP contribution in [0.4, 0.5) is 0 Å². The minimum absolute atomic E-state index is 0.0162. The van der Waals surface area contributed by atoms with E-state index < -0.39 is 0 Å². The van der Waals surface area contributed by atoms with Gasteiger partial charge in [0.15, 0.2) is 5.78 Å². The van der Waals surface area contributed by atoms with Crippen LogP contribution in [0.15, 0.2) is 0 Å². The van der Waals surface area contributed by atoms with Crippen molar-refractivity contribution in [2.75, 3.05) is 13.1 Å². The van der Waals surface area contributed by atoms with Gasteiger partial charge >= 0.3 is 0 Å². The summed E-state index contributed by atoms with van der Waals surface area (Å²) in [5, 5.41) is 4.01. The quantitative estimate of drug-likeness (QED) is 0.787. The molecule has 3 aliphatic rings. The lowest BCUT2D eigenvalue weighted by Crippen LogP contribution is -2.56. The molecule has 1 aliphatic carbocycles. The van der Waals surface area contributed by atoms with Crippen molar-refractivity contribution in [3.8, 4) is 0 Å². The van der Waals surface area contributed by atoms with Gasteiger partial charge in [-0.25, -0.2) is 5.01 Å². The van der Waals surface area contributed by atoms with Crippen molar-refractivity contribution in [1.29, 1.82) is 0 Å². The number of carbonyl (C=O) groups excluding carboxylic acids is 2. The third-order valence-electron chi connectivity index (χ3n) is 5.81. The fraction of sp³-hybridized carbons (Fsp3) is 0.889. The molecule has 3 rings (SSSR count). The molecule has 2 heterocycles. The smallest absolute Gasteiger partial charge is 0.236 e. The maximum atomic E-state index is 12.7. The first-order chi connectivity index (χ1) is 10.2. The molecule has 3 unspecified atom stereocenters. The maximum Gasteiger partial charge on any atom is 0.236 e. The molecule has 2 saturated heterocycles. The van der Waals surface area contributed by atoms with Crippen LogP contribution in [0.2, 0.25) is 0 Å². The van der Waals surface area contributed by atoms with E-state index in [4.69, 9.17) is 0 Å². The van der Waals surface area contributed by atoms with E-state index in [1.54, 1.807) is 0 Å². The van der Waals surface area contributed by atoms with Crippen molar-refractivity contribution in [3.63, 3.8) is 0 Å². The van der Waals surface area contributed by atoms with Gasteiger partial charge in [-0.15, -0.1) is 0 Å². The summed E-state index contributed by atoms with van der Waals surface area (Å²) in [7, 11) is 0. The van der Waals surface area contributed by atoms with Crippen LogP contribution in [0.5, 0.6) is 0 Å². The summed E-state index contributed by atoms with van der Waals surface area (Å²) >= 11 is 0. The minimum Gasteiger partial charge on any atom is -0.298 e. The molecule has 0 aromatic rings. The Kier molecular flexibility index (Phi) is 3.87. The Labute approximate surface area is 134 Å². The van der Waals surface area contributed by atoms with Gasteiger partial charge in [-0.1, -0.05) is 27.7 Å². The third kappa shape index (κ3) is 2.70. The normalized spacial score (nSPS) is 39.7. The molecular weight excluding hydrogens is 276 g/mol. The number of rotatable bonds is 2. The second kappa shape index (κ2) is 5.33. The predicted molar refractivity (Wildman–Crippen MR) is 86.0 cm³/mol. The molecule has 124 valence electrons. The fourth-order valence-electron chi connectivity index (χ4n) is 5.83. The van der Waals surface area contributed by atoms with Gasteiger partial charge in [0, 0.05) is 25.9 Å². The summed E-state index contributed by atoms with van der Waals surface area (Å²) < 4.78 is 0. The second-order valence-electron chi connectivity index (χ2n) is 8.91. The molecule has 0 spiro atoms. The van der Waals surface area contributed by atoms with Crippen molar-refractivity contribution >= 4 is 11.7 Å². The summed E-state index contributed by atoms with van der Waals surface area (Å²) in [6, 6.07) is -0.100. The molecule has 3 fully saturated rings. The number of Topliss-reactive ketones (excluding diaryl/α,β-unsaturated/α-hetero) is 1. The standard InChI is InChI=1S/C18H30N2O2/c1-13-10-17(2,3)12-18(4,11-13)16-14(21)7-9-20(16)19-8-5-6-15(19)22/h13,16H,5-12H2,1-4H3. The first-order valence-corrected chi connectivity index (χ1v) is 8.82. The van der Waals surface area contributed by atoms with Crippen LogP contribution in [-0.4, -0.2) is 40.8 Å². The summed E-state index contributed by atoms with van der Waals surface area (Å²) in [6.45, 7) is 10.8. The van der Waals surface area contributed by atoms with Crippen LogP contribution >= 0.6 is 0 Å². The van der Waals surface area contributed by atoms with E-state index in [9.17, 15) is 9.59 Å². The van der Waals surface area contributed by atoms with Crippen LogP contribution in [-0.2, 0) is 9.59 Å². The zero-order valence-corrected chi connectivity index (χ0v) is 14.5. The van der Waals surface area contributed by atoms with Crippen molar-refractivity contribution in [1.82, 2.24) is 10.0 Å². The lowest BCUT2D eigenvalue weighted by molar-refractivity contribution is -0.155. The summed E-state index contributed by atoms with van der Waals surface area (Å²) in [6.07, 6.45) is 5.54. The number of hydrogen-bond acceptors (Lipinski definition) is 3. The zero-order valence-electron chi connectivity index (χ0n) is 14.5. The molecule has 0 N–H and O–H groups in total. The largest absolute Gasteiger partial charge is 0.298 e. The molecule has 2 aliphatic heterocycles. The topological polar surface area (TPSA) is 40.6 Å². The van der Waals surface area contributed by atoms with E-state index in [1.165, 1.54) is 6.42 Å². The van der Waals surface area contributed by atoms with Gasteiger partial charge in [0.1, 0.15) is 0 Å². The molecule has 0 aromatic carbocycles. The lowest BCUT2D eigenvalue weighted by atomic mass is 9.58. The first kappa shape index (κ1) is 16.0. The molecule has 1 saturated carbocycles. The van der Waals surface area contributed by atoms with Crippen LogP contribution in [0.3, 0.4) is 0 Å². The summed E-state index contributed by atoms with van der Waals surface area (Å²) in [4.78, 5) is 24.9. The highest BCUT2D eigenvalue weighted by Crippen LogP contribution is 2.52. The number of hydrazine groups is 1. The molecule has 22 heavy (non-hydrogen) atoms. The average Bonchev–Trinajstić information content (AvgIpc) is 2.91. The molecule has 0 aromatic heterocycles. The highest BCUT2D eigenvalue weighted by molar-refractivity contribution is 5.88. The molecule has 1 amide bonds. The molecule has 4 heteroatoms. The Balaban J connectivity index is 1.89. The number of amides is 1. The fourth-order valence-corrected chi connectivity index (χ4v) is 5.83. The second-order valence-corrected chi connectivity index (χ2v) is 8.91. The van der Waals surface area contributed by atoms with Gasteiger partial charge in [-0.05, 0) is 42.4 Å². The van der Waals surface area contributed by atoms with Crippen molar-refractivity contribution in [3.05, 3.63) is 0 Å².